The van der Waals surface area contributed by atoms with Gasteiger partial charge < -0.3 is 59.1 Å². The van der Waals surface area contributed by atoms with Crippen LogP contribution in [-0.4, -0.2) is 102 Å². The number of nitrogens with zero attached hydrogens (tertiary/aromatic N) is 1. The number of hydrogen-bond donors (Lipinski definition) is 6. The SMILES string of the molecule is CN=C(NCc1ccc(C(=O)O)cc1)NOC1C(O)C(COC(=O)CC(=O)O)OC(O)C1OOc1ccc2c(c1)C1Oc3cc4c(cc3C1CO2)OCO4. The predicted octanol–water partition coefficient (Wildman–Crippen LogP) is 1.16. The molecule has 1 saturated heterocycles. The predicted molar refractivity (Wildman–Crippen MR) is 178 cm³/mol. The molecule has 1 fully saturated rings. The summed E-state index contributed by atoms with van der Waals surface area (Å²) in [7, 11) is 1.44. The summed E-state index contributed by atoms with van der Waals surface area (Å²) in [5.41, 5.74) is 4.97. The number of fused-ring (bicyclic) bond motifs is 6. The molecular weight excluding hydrogens is 718 g/mol. The van der Waals surface area contributed by atoms with Gasteiger partial charge in [-0.3, -0.25) is 19.4 Å². The quantitative estimate of drug-likeness (QED) is 0.0379. The zero-order chi connectivity index (χ0) is 37.9. The maximum atomic E-state index is 11.9. The first kappa shape index (κ1) is 36.5. The number of hydrogen-bond acceptors (Lipinski definition) is 15. The number of aliphatic imine (C=N–C) groups is 1. The number of esters is 1. The molecule has 7 atom stereocenters. The Morgan fingerprint density at radius 1 is 0.907 bits per heavy atom. The van der Waals surface area contributed by atoms with Crippen molar-refractivity contribution in [3.63, 3.8) is 0 Å². The van der Waals surface area contributed by atoms with E-state index in [2.05, 4.69) is 15.8 Å². The number of ether oxygens (including phenoxy) is 6. The van der Waals surface area contributed by atoms with Crippen LogP contribution in [0.5, 0.6) is 28.7 Å². The van der Waals surface area contributed by atoms with Gasteiger partial charge in [-0.1, -0.05) is 12.1 Å². The van der Waals surface area contributed by atoms with Crippen molar-refractivity contribution in [3.8, 4) is 28.7 Å². The molecule has 0 radical (unpaired) electrons. The van der Waals surface area contributed by atoms with E-state index in [1.54, 1.807) is 36.4 Å². The summed E-state index contributed by atoms with van der Waals surface area (Å²) in [6.07, 6.45) is -9.22. The molecule has 4 aliphatic heterocycles. The van der Waals surface area contributed by atoms with Gasteiger partial charge in [0, 0.05) is 30.8 Å². The standard InChI is InChI=1S/C35H35N3O16/c1-36-35(37-12-16-2-4-17(5-3-16)33(43)44)38-52-31-29(42)26(14-47-28(41)11-27(39)40)51-34(45)32(31)54-53-18-6-7-22-20(8-18)30-21(13-46-22)19-9-24-25(49-15-48-24)10-23(19)50-30/h2-10,21,26,29-32,34,42,45H,11-15H2,1H3,(H,39,40)(H,43,44)(H2,36,37,38). The number of carboxylic acid groups (broad SMARTS) is 2. The number of aromatic carboxylic acids is 1. The molecule has 19 nitrogen and oxygen atoms in total. The Balaban J connectivity index is 1.04. The third-order valence-electron chi connectivity index (χ3n) is 9.00. The number of aliphatic hydroxyl groups is 2. The van der Waals surface area contributed by atoms with Crippen LogP contribution in [0.2, 0.25) is 0 Å². The second-order valence-electron chi connectivity index (χ2n) is 12.5. The zero-order valence-electron chi connectivity index (χ0n) is 28.4. The molecule has 0 aromatic heterocycles. The van der Waals surface area contributed by atoms with E-state index in [1.807, 2.05) is 6.07 Å². The highest BCUT2D eigenvalue weighted by molar-refractivity contribution is 5.90. The van der Waals surface area contributed by atoms with Crippen LogP contribution in [0.25, 0.3) is 0 Å². The lowest BCUT2D eigenvalue weighted by Gasteiger charge is -2.40. The van der Waals surface area contributed by atoms with Crippen LogP contribution in [0.4, 0.5) is 0 Å². The van der Waals surface area contributed by atoms with Crippen molar-refractivity contribution in [3.05, 3.63) is 76.9 Å². The largest absolute Gasteiger partial charge is 0.492 e. The molecule has 3 aromatic carbocycles. The van der Waals surface area contributed by atoms with E-state index < -0.39 is 67.7 Å². The summed E-state index contributed by atoms with van der Waals surface area (Å²) in [6.45, 7) is 0.0473. The topological polar surface area (TPSA) is 252 Å². The number of hydroxylamine groups is 1. The lowest BCUT2D eigenvalue weighted by molar-refractivity contribution is -0.372. The number of aliphatic hydroxyl groups excluding tert-OH is 2. The highest BCUT2D eigenvalue weighted by Crippen LogP contribution is 2.54. The van der Waals surface area contributed by atoms with E-state index in [1.165, 1.54) is 19.2 Å². The molecule has 4 heterocycles. The fraction of sp³-hybridized carbons (Fsp3) is 0.371. The van der Waals surface area contributed by atoms with Crippen molar-refractivity contribution in [1.82, 2.24) is 10.8 Å². The number of guanidine groups is 1. The summed E-state index contributed by atoms with van der Waals surface area (Å²) < 4.78 is 33.8. The molecule has 19 heteroatoms. The molecule has 286 valence electrons. The third kappa shape index (κ3) is 7.75. The van der Waals surface area contributed by atoms with Gasteiger partial charge in [0.05, 0.1) is 18.1 Å². The smallest absolute Gasteiger partial charge is 0.335 e. The fourth-order valence-corrected chi connectivity index (χ4v) is 6.26. The first-order chi connectivity index (χ1) is 26.1. The van der Waals surface area contributed by atoms with Crippen molar-refractivity contribution >= 4 is 23.9 Å². The van der Waals surface area contributed by atoms with Gasteiger partial charge in [0.1, 0.15) is 48.9 Å². The number of aliphatic carboxylic acids is 1. The summed E-state index contributed by atoms with van der Waals surface area (Å²) in [5, 5.41) is 43.3. The van der Waals surface area contributed by atoms with Crippen molar-refractivity contribution in [1.29, 1.82) is 0 Å². The number of rotatable bonds is 12. The molecule has 0 bridgehead atoms. The summed E-state index contributed by atoms with van der Waals surface area (Å²) in [6, 6.07) is 14.7. The van der Waals surface area contributed by atoms with Crippen LogP contribution in [-0.2, 0) is 35.3 Å². The molecular formula is C35H35N3O16. The van der Waals surface area contributed by atoms with Gasteiger partial charge in [0.15, 0.2) is 29.6 Å². The minimum Gasteiger partial charge on any atom is -0.492 e. The van der Waals surface area contributed by atoms with Crippen molar-refractivity contribution in [2.45, 2.75) is 55.7 Å². The van der Waals surface area contributed by atoms with Gasteiger partial charge in [-0.2, -0.15) is 4.89 Å². The minimum atomic E-state index is -1.82. The normalized spacial score (nSPS) is 24.9. The van der Waals surface area contributed by atoms with Gasteiger partial charge >= 0.3 is 17.9 Å². The van der Waals surface area contributed by atoms with Crippen molar-refractivity contribution in [2.24, 2.45) is 4.99 Å². The molecule has 0 aliphatic carbocycles. The Labute approximate surface area is 305 Å². The Bertz CT molecular complexity index is 1920. The summed E-state index contributed by atoms with van der Waals surface area (Å²) in [4.78, 5) is 55.1. The number of carboxylic acids is 2. The fourth-order valence-electron chi connectivity index (χ4n) is 6.26. The monoisotopic (exact) mass is 753 g/mol. The molecule has 4 aliphatic rings. The van der Waals surface area contributed by atoms with E-state index in [0.717, 1.165) is 5.56 Å². The third-order valence-corrected chi connectivity index (χ3v) is 9.00. The van der Waals surface area contributed by atoms with Crippen molar-refractivity contribution in [2.75, 3.05) is 27.1 Å². The molecule has 0 amide bonds. The van der Waals surface area contributed by atoms with Crippen LogP contribution in [0.15, 0.2) is 59.6 Å². The maximum absolute atomic E-state index is 11.9. The van der Waals surface area contributed by atoms with Gasteiger partial charge in [-0.15, -0.1) is 0 Å². The first-order valence-electron chi connectivity index (χ1n) is 16.6. The molecule has 0 spiro atoms. The number of benzene rings is 3. The Morgan fingerprint density at radius 3 is 2.43 bits per heavy atom. The lowest BCUT2D eigenvalue weighted by Crippen LogP contribution is -2.62. The van der Waals surface area contributed by atoms with E-state index in [0.29, 0.717) is 40.7 Å². The Hall–Kier alpha value is -5.86. The van der Waals surface area contributed by atoms with E-state index in [9.17, 15) is 24.6 Å². The Morgan fingerprint density at radius 2 is 1.69 bits per heavy atom. The second kappa shape index (κ2) is 15.6. The number of nitrogens with one attached hydrogen (secondary N) is 2. The molecule has 3 aromatic rings. The van der Waals surface area contributed by atoms with Crippen LogP contribution in [0.3, 0.4) is 0 Å². The average Bonchev–Trinajstić information content (AvgIpc) is 3.77. The van der Waals surface area contributed by atoms with Gasteiger partial charge in [0.25, 0.3) is 0 Å². The van der Waals surface area contributed by atoms with Gasteiger partial charge in [-0.05, 0) is 42.0 Å². The van der Waals surface area contributed by atoms with Crippen LogP contribution in [0.1, 0.15) is 45.5 Å². The number of carbonyl (C=O) groups excluding carboxylic acids is 1. The van der Waals surface area contributed by atoms with E-state index in [-0.39, 0.29) is 36.5 Å². The average molecular weight is 754 g/mol. The molecule has 7 rings (SSSR count). The Kier molecular flexibility index (Phi) is 10.6. The summed E-state index contributed by atoms with van der Waals surface area (Å²) >= 11 is 0. The van der Waals surface area contributed by atoms with Crippen LogP contribution >= 0.6 is 0 Å². The molecule has 54 heavy (non-hydrogen) atoms. The highest BCUT2D eigenvalue weighted by Gasteiger charge is 2.49. The maximum Gasteiger partial charge on any atom is 0.335 e. The van der Waals surface area contributed by atoms with Gasteiger partial charge in [0.2, 0.25) is 12.8 Å². The summed E-state index contributed by atoms with van der Waals surface area (Å²) in [5.74, 6) is -1.07. The van der Waals surface area contributed by atoms with E-state index in [4.69, 9.17) is 53.2 Å². The van der Waals surface area contributed by atoms with Crippen LogP contribution in [0, 0.1) is 0 Å². The molecule has 7 unspecified atom stereocenters. The van der Waals surface area contributed by atoms with E-state index >= 15 is 0 Å². The lowest BCUT2D eigenvalue weighted by atomic mass is 9.89. The van der Waals surface area contributed by atoms with Crippen LogP contribution < -0.4 is 34.6 Å². The highest BCUT2D eigenvalue weighted by atomic mass is 17.2. The first-order valence-corrected chi connectivity index (χ1v) is 16.6. The van der Waals surface area contributed by atoms with Crippen molar-refractivity contribution < 1.29 is 77.8 Å². The minimum absolute atomic E-state index is 0.0692. The van der Waals surface area contributed by atoms with Gasteiger partial charge in [-0.25, -0.2) is 10.3 Å². The molecule has 6 N–H and O–H groups in total. The zero-order valence-corrected chi connectivity index (χ0v) is 28.4. The second-order valence-corrected chi connectivity index (χ2v) is 12.5. The molecule has 0 saturated carbocycles. The number of carbonyl (C=O) groups is 3.